The lowest BCUT2D eigenvalue weighted by Crippen LogP contribution is -2.49. The molecule has 7 rings (SSSR count). The number of aliphatic hydroxyl groups excluding tert-OH is 1. The molecular formula is C32H34O5. The summed E-state index contributed by atoms with van der Waals surface area (Å²) in [5.41, 5.74) is 5.49. The Balaban J connectivity index is 1.36. The lowest BCUT2D eigenvalue weighted by Gasteiger charge is -2.57. The van der Waals surface area contributed by atoms with Gasteiger partial charge in [0.1, 0.15) is 0 Å². The van der Waals surface area contributed by atoms with Crippen LogP contribution in [0.3, 0.4) is 0 Å². The molecule has 0 atom stereocenters. The van der Waals surface area contributed by atoms with Gasteiger partial charge in [-0.3, -0.25) is 9.59 Å². The Morgan fingerprint density at radius 2 is 1.35 bits per heavy atom. The summed E-state index contributed by atoms with van der Waals surface area (Å²) < 4.78 is 9.68. The number of aliphatic hydroxyl groups is 1. The van der Waals surface area contributed by atoms with Gasteiger partial charge in [0.25, 0.3) is 0 Å². The Hall–Kier alpha value is -3.18. The third-order valence-electron chi connectivity index (χ3n) is 9.29. The molecule has 4 fully saturated rings. The molecule has 4 aliphatic rings. The van der Waals surface area contributed by atoms with E-state index >= 15 is 0 Å². The minimum atomic E-state index is -1.10. The second-order valence-electron chi connectivity index (χ2n) is 11.5. The first-order valence-electron chi connectivity index (χ1n) is 13.4. The summed E-state index contributed by atoms with van der Waals surface area (Å²) in [4.78, 5) is 24.5. The molecule has 4 bridgehead atoms. The number of esters is 2. The minimum Gasteiger partial charge on any atom is -0.468 e. The number of hydrogen-bond acceptors (Lipinski definition) is 5. The molecule has 0 amide bonds. The molecule has 192 valence electrons. The van der Waals surface area contributed by atoms with Gasteiger partial charge in [-0.05, 0) is 112 Å². The summed E-state index contributed by atoms with van der Waals surface area (Å²) in [6, 6.07) is 18.5. The molecule has 0 heterocycles. The fourth-order valence-electron chi connectivity index (χ4n) is 8.06. The number of rotatable bonds is 6. The minimum absolute atomic E-state index is 0.0828. The van der Waals surface area contributed by atoms with Crippen molar-refractivity contribution in [1.29, 1.82) is 0 Å². The molecule has 0 spiro atoms. The first-order valence-corrected chi connectivity index (χ1v) is 13.4. The molecule has 4 saturated carbocycles. The topological polar surface area (TPSA) is 72.8 Å². The van der Waals surface area contributed by atoms with Crippen molar-refractivity contribution in [2.75, 3.05) is 14.2 Å². The normalized spacial score (nSPS) is 26.0. The molecule has 37 heavy (non-hydrogen) atoms. The molecule has 0 aromatic heterocycles. The van der Waals surface area contributed by atoms with Gasteiger partial charge < -0.3 is 14.6 Å². The lowest BCUT2D eigenvalue weighted by atomic mass is 9.47. The molecular weight excluding hydrogens is 464 g/mol. The highest BCUT2D eigenvalue weighted by molar-refractivity contribution is 6.02. The Bertz CT molecular complexity index is 1320. The smallest absolute Gasteiger partial charge is 0.324 e. The highest BCUT2D eigenvalue weighted by Gasteiger charge is 2.52. The van der Waals surface area contributed by atoms with E-state index in [0.29, 0.717) is 5.56 Å². The zero-order valence-corrected chi connectivity index (χ0v) is 21.5. The summed E-state index contributed by atoms with van der Waals surface area (Å²) in [7, 11) is 2.54. The third-order valence-corrected chi connectivity index (χ3v) is 9.29. The predicted octanol–water partition coefficient (Wildman–Crippen LogP) is 5.90. The van der Waals surface area contributed by atoms with Crippen molar-refractivity contribution < 1.29 is 24.2 Å². The summed E-state index contributed by atoms with van der Waals surface area (Å²) in [6.45, 7) is 0.0828. The molecule has 3 aromatic rings. The van der Waals surface area contributed by atoms with Crippen LogP contribution in [0.4, 0.5) is 0 Å². The summed E-state index contributed by atoms with van der Waals surface area (Å²) in [6.07, 6.45) is 7.97. The van der Waals surface area contributed by atoms with Crippen molar-refractivity contribution in [3.8, 4) is 11.1 Å². The Morgan fingerprint density at radius 1 is 0.811 bits per heavy atom. The Kier molecular flexibility index (Phi) is 6.07. The van der Waals surface area contributed by atoms with E-state index in [0.717, 1.165) is 45.2 Å². The average Bonchev–Trinajstić information content (AvgIpc) is 2.91. The number of benzene rings is 3. The SMILES string of the molecule is COC(=O)C(C(=O)OC)c1ccc2cc(-c3ccc(CO)c(C45CC6CC(CC(C6)C4)C5)c3)ccc2c1. The zero-order chi connectivity index (χ0) is 25.7. The fraction of sp³-hybridized carbons (Fsp3) is 0.438. The van der Waals surface area contributed by atoms with Crippen LogP contribution in [0.5, 0.6) is 0 Å². The number of ether oxygens (including phenoxy) is 2. The summed E-state index contributed by atoms with van der Waals surface area (Å²) >= 11 is 0. The molecule has 4 aliphatic carbocycles. The number of hydrogen-bond donors (Lipinski definition) is 1. The third kappa shape index (κ3) is 4.14. The van der Waals surface area contributed by atoms with Crippen LogP contribution < -0.4 is 0 Å². The lowest BCUT2D eigenvalue weighted by molar-refractivity contribution is -0.154. The number of carbonyl (C=O) groups is 2. The largest absolute Gasteiger partial charge is 0.468 e. The van der Waals surface area contributed by atoms with Crippen molar-refractivity contribution in [3.05, 3.63) is 71.3 Å². The van der Waals surface area contributed by atoms with Crippen molar-refractivity contribution in [1.82, 2.24) is 0 Å². The van der Waals surface area contributed by atoms with Gasteiger partial charge in [0, 0.05) is 0 Å². The van der Waals surface area contributed by atoms with Crippen LogP contribution >= 0.6 is 0 Å². The fourth-order valence-corrected chi connectivity index (χ4v) is 8.06. The van der Waals surface area contributed by atoms with E-state index in [9.17, 15) is 14.7 Å². The van der Waals surface area contributed by atoms with Gasteiger partial charge >= 0.3 is 11.9 Å². The van der Waals surface area contributed by atoms with Crippen molar-refractivity contribution in [2.45, 2.75) is 56.5 Å². The molecule has 5 heteroatoms. The van der Waals surface area contributed by atoms with Crippen LogP contribution in [0.25, 0.3) is 21.9 Å². The van der Waals surface area contributed by atoms with E-state index in [-0.39, 0.29) is 12.0 Å². The van der Waals surface area contributed by atoms with Crippen LogP contribution in [0.2, 0.25) is 0 Å². The van der Waals surface area contributed by atoms with Crippen LogP contribution in [0.15, 0.2) is 54.6 Å². The van der Waals surface area contributed by atoms with Gasteiger partial charge in [-0.15, -0.1) is 0 Å². The highest BCUT2D eigenvalue weighted by atomic mass is 16.5. The molecule has 5 nitrogen and oxygen atoms in total. The Labute approximate surface area is 217 Å². The predicted molar refractivity (Wildman–Crippen MR) is 142 cm³/mol. The molecule has 0 saturated heterocycles. The number of methoxy groups -OCH3 is 2. The van der Waals surface area contributed by atoms with Gasteiger partial charge in [0.15, 0.2) is 5.92 Å². The van der Waals surface area contributed by atoms with Crippen LogP contribution in [0.1, 0.15) is 61.1 Å². The van der Waals surface area contributed by atoms with Gasteiger partial charge in [0.2, 0.25) is 0 Å². The maximum atomic E-state index is 12.3. The maximum Gasteiger partial charge on any atom is 0.324 e. The van der Waals surface area contributed by atoms with E-state index < -0.39 is 17.9 Å². The summed E-state index contributed by atoms with van der Waals surface area (Å²) in [5.74, 6) is 0.154. The standard InChI is InChI=1S/C32H34O5/c1-36-30(34)29(31(35)37-2)26-7-5-22-12-23(3-4-24(22)13-26)25-6-8-27(18-33)28(14-25)32-15-19-9-20(16-32)11-21(10-19)17-32/h3-8,12-14,19-21,29,33H,9-11,15-18H2,1-2H3. The first kappa shape index (κ1) is 24.2. The van der Waals surface area contributed by atoms with Gasteiger partial charge in [-0.1, -0.05) is 42.5 Å². The van der Waals surface area contributed by atoms with Crippen molar-refractivity contribution in [2.24, 2.45) is 17.8 Å². The van der Waals surface area contributed by atoms with Crippen LogP contribution in [-0.4, -0.2) is 31.3 Å². The molecule has 0 unspecified atom stereocenters. The number of fused-ring (bicyclic) bond motifs is 1. The van der Waals surface area contributed by atoms with E-state index in [1.807, 2.05) is 18.2 Å². The van der Waals surface area contributed by atoms with Crippen LogP contribution in [0, 0.1) is 17.8 Å². The van der Waals surface area contributed by atoms with E-state index in [1.54, 1.807) is 6.07 Å². The van der Waals surface area contributed by atoms with Crippen molar-refractivity contribution in [3.63, 3.8) is 0 Å². The molecule has 0 radical (unpaired) electrons. The van der Waals surface area contributed by atoms with Crippen molar-refractivity contribution >= 4 is 22.7 Å². The zero-order valence-electron chi connectivity index (χ0n) is 21.5. The summed E-state index contributed by atoms with van der Waals surface area (Å²) in [5, 5.41) is 12.2. The molecule has 1 N–H and O–H groups in total. The van der Waals surface area contributed by atoms with Gasteiger partial charge in [0.05, 0.1) is 20.8 Å². The van der Waals surface area contributed by atoms with E-state index in [2.05, 4.69) is 30.3 Å². The quantitative estimate of drug-likeness (QED) is 0.339. The molecule has 3 aromatic carbocycles. The first-order chi connectivity index (χ1) is 17.9. The van der Waals surface area contributed by atoms with Gasteiger partial charge in [-0.25, -0.2) is 0 Å². The van der Waals surface area contributed by atoms with E-state index in [1.165, 1.54) is 58.3 Å². The van der Waals surface area contributed by atoms with E-state index in [4.69, 9.17) is 9.47 Å². The Morgan fingerprint density at radius 3 is 1.95 bits per heavy atom. The number of carbonyl (C=O) groups excluding carboxylic acids is 2. The van der Waals surface area contributed by atoms with Gasteiger partial charge in [-0.2, -0.15) is 0 Å². The highest BCUT2D eigenvalue weighted by Crippen LogP contribution is 2.61. The second kappa shape index (κ2) is 9.29. The second-order valence-corrected chi connectivity index (χ2v) is 11.5. The van der Waals surface area contributed by atoms with Crippen LogP contribution in [-0.2, 0) is 31.1 Å². The molecule has 0 aliphatic heterocycles. The average molecular weight is 499 g/mol. The maximum absolute atomic E-state index is 12.3. The monoisotopic (exact) mass is 498 g/mol.